The third-order valence-electron chi connectivity index (χ3n) is 3.47. The number of hydrogen-bond acceptors (Lipinski definition) is 3. The molecule has 2 aliphatic heterocycles. The lowest BCUT2D eigenvalue weighted by Crippen LogP contribution is -2.44. The van der Waals surface area contributed by atoms with Gasteiger partial charge in [0.15, 0.2) is 5.03 Å². The van der Waals surface area contributed by atoms with Crippen LogP contribution < -0.4 is 0 Å². The monoisotopic (exact) mass is 256 g/mol. The maximum atomic E-state index is 10.6. The highest BCUT2D eigenvalue weighted by Gasteiger charge is 2.26. The Kier molecular flexibility index (Phi) is 4.35. The van der Waals surface area contributed by atoms with Gasteiger partial charge in [-0.2, -0.15) is 0 Å². The summed E-state index contributed by atoms with van der Waals surface area (Å²) in [5.74, 6) is 0.956. The van der Waals surface area contributed by atoms with E-state index in [9.17, 15) is 10.1 Å². The van der Waals surface area contributed by atoms with Crippen LogP contribution >= 0.6 is 0 Å². The highest BCUT2D eigenvalue weighted by atomic mass is 16.7. The quantitative estimate of drug-likeness (QED) is 0.546. The molecule has 18 heavy (non-hydrogen) atoms. The summed E-state index contributed by atoms with van der Waals surface area (Å²) in [6.07, 6.45) is 3.13. The second-order valence-electron chi connectivity index (χ2n) is 4.94. The van der Waals surface area contributed by atoms with Crippen LogP contribution in [0.3, 0.4) is 0 Å². The molecule has 2 aliphatic rings. The van der Waals surface area contributed by atoms with Crippen molar-refractivity contribution in [2.45, 2.75) is 19.3 Å². The zero-order chi connectivity index (χ0) is 13.0. The van der Waals surface area contributed by atoms with Crippen LogP contribution in [0, 0.1) is 16.0 Å². The van der Waals surface area contributed by atoms with Gasteiger partial charge in [-0.05, 0) is 19.3 Å². The third kappa shape index (κ3) is 3.32. The van der Waals surface area contributed by atoms with E-state index in [-0.39, 0.29) is 0 Å². The van der Waals surface area contributed by atoms with E-state index in [0.29, 0.717) is 11.9 Å². The van der Waals surface area contributed by atoms with Crippen LogP contribution in [0.1, 0.15) is 19.3 Å². The maximum Gasteiger partial charge on any atom is 0.273 e. The molecule has 1 unspecified atom stereocenters. The number of hydrogen-bond donors (Lipinski definition) is 0. The Hall–Kier alpha value is -1.37. The number of hydrazone groups is 1. The molecule has 2 saturated heterocycles. The first-order valence-corrected chi connectivity index (χ1v) is 6.43. The first-order valence-electron chi connectivity index (χ1n) is 6.43. The molecule has 2 heterocycles. The van der Waals surface area contributed by atoms with E-state index in [1.54, 1.807) is 0 Å². The molecule has 0 aromatic rings. The van der Waals surface area contributed by atoms with Crippen molar-refractivity contribution in [2.24, 2.45) is 11.0 Å². The van der Waals surface area contributed by atoms with E-state index in [1.165, 1.54) is 0 Å². The van der Waals surface area contributed by atoms with Gasteiger partial charge in [0.2, 0.25) is 0 Å². The molecule has 7 heteroatoms. The van der Waals surface area contributed by atoms with Crippen molar-refractivity contribution in [3.63, 3.8) is 0 Å². The first kappa shape index (κ1) is 13.1. The van der Waals surface area contributed by atoms with Gasteiger partial charge in [0.05, 0.1) is 6.61 Å². The van der Waals surface area contributed by atoms with E-state index >= 15 is 0 Å². The summed E-state index contributed by atoms with van der Waals surface area (Å²) in [5, 5.41) is 13.6. The summed E-state index contributed by atoms with van der Waals surface area (Å²) in [7, 11) is 1.87. The fourth-order valence-corrected chi connectivity index (χ4v) is 2.52. The lowest BCUT2D eigenvalue weighted by atomic mass is 10.1. The van der Waals surface area contributed by atoms with Crippen LogP contribution in [-0.4, -0.2) is 60.7 Å². The van der Waals surface area contributed by atoms with Crippen LogP contribution in [0.25, 0.3) is 0 Å². The summed E-state index contributed by atoms with van der Waals surface area (Å²) in [6.45, 7) is 4.02. The molecular weight excluding hydrogens is 236 g/mol. The topological polar surface area (TPSA) is 71.2 Å². The highest BCUT2D eigenvalue weighted by molar-refractivity contribution is 5.79. The van der Waals surface area contributed by atoms with Gasteiger partial charge in [-0.25, -0.2) is 10.1 Å². The number of nitro groups is 1. The highest BCUT2D eigenvalue weighted by Crippen LogP contribution is 2.17. The summed E-state index contributed by atoms with van der Waals surface area (Å²) >= 11 is 0. The Labute approximate surface area is 107 Å². The Balaban J connectivity index is 2.08. The van der Waals surface area contributed by atoms with E-state index in [2.05, 4.69) is 5.10 Å². The van der Waals surface area contributed by atoms with Crippen LogP contribution in [0.2, 0.25) is 0 Å². The number of guanidine groups is 1. The van der Waals surface area contributed by atoms with Gasteiger partial charge in [-0.1, -0.05) is 0 Å². The van der Waals surface area contributed by atoms with Crippen molar-refractivity contribution in [3.8, 4) is 0 Å². The molecule has 0 bridgehead atoms. The van der Waals surface area contributed by atoms with Gasteiger partial charge in [0, 0.05) is 39.2 Å². The lowest BCUT2D eigenvalue weighted by molar-refractivity contribution is -0.486. The Bertz CT molecular complexity index is 328. The molecule has 2 rings (SSSR count). The third-order valence-corrected chi connectivity index (χ3v) is 3.47. The van der Waals surface area contributed by atoms with Crippen molar-refractivity contribution >= 4 is 5.96 Å². The minimum atomic E-state index is -0.602. The molecular formula is C11H20N4O3. The molecule has 1 atom stereocenters. The van der Waals surface area contributed by atoms with Gasteiger partial charge in [-0.15, -0.1) is 0 Å². The molecule has 0 aliphatic carbocycles. The second kappa shape index (κ2) is 5.99. The van der Waals surface area contributed by atoms with Gasteiger partial charge in [0.1, 0.15) is 5.10 Å². The summed E-state index contributed by atoms with van der Waals surface area (Å²) in [4.78, 5) is 14.6. The summed E-state index contributed by atoms with van der Waals surface area (Å²) < 4.78 is 5.36. The average Bonchev–Trinajstić information content (AvgIpc) is 2.76. The van der Waals surface area contributed by atoms with Crippen molar-refractivity contribution in [1.29, 1.82) is 0 Å². The zero-order valence-corrected chi connectivity index (χ0v) is 10.7. The van der Waals surface area contributed by atoms with Gasteiger partial charge in [0.25, 0.3) is 5.96 Å². The van der Waals surface area contributed by atoms with Crippen LogP contribution in [0.5, 0.6) is 0 Å². The Morgan fingerprint density at radius 2 is 2.28 bits per heavy atom. The number of rotatable bonds is 3. The number of ether oxygens (including phenoxy) is 1. The maximum absolute atomic E-state index is 10.6. The van der Waals surface area contributed by atoms with Crippen LogP contribution in [-0.2, 0) is 4.74 Å². The van der Waals surface area contributed by atoms with Crippen molar-refractivity contribution in [1.82, 2.24) is 9.80 Å². The largest absolute Gasteiger partial charge is 0.381 e. The molecule has 0 saturated carbocycles. The normalized spacial score (nSPS) is 27.6. The molecule has 0 radical (unpaired) electrons. The predicted octanol–water partition coefficient (Wildman–Crippen LogP) is 0.598. The van der Waals surface area contributed by atoms with Crippen molar-refractivity contribution in [3.05, 3.63) is 10.1 Å². The number of nitrogens with zero attached hydrogens (tertiary/aromatic N) is 4. The Morgan fingerprint density at radius 3 is 2.94 bits per heavy atom. The fourth-order valence-electron chi connectivity index (χ4n) is 2.52. The molecule has 0 spiro atoms. The van der Waals surface area contributed by atoms with Crippen molar-refractivity contribution < 1.29 is 9.77 Å². The van der Waals surface area contributed by atoms with Crippen molar-refractivity contribution in [2.75, 3.05) is 39.9 Å². The van der Waals surface area contributed by atoms with Crippen LogP contribution in [0.15, 0.2) is 5.10 Å². The molecule has 7 nitrogen and oxygen atoms in total. The Morgan fingerprint density at radius 1 is 1.50 bits per heavy atom. The first-order chi connectivity index (χ1) is 8.66. The molecule has 0 N–H and O–H groups in total. The zero-order valence-electron chi connectivity index (χ0n) is 10.7. The van der Waals surface area contributed by atoms with E-state index in [1.807, 2.05) is 16.8 Å². The molecule has 0 aromatic carbocycles. The summed E-state index contributed by atoms with van der Waals surface area (Å²) in [5.41, 5.74) is 0. The SMILES string of the molecule is CN1CCCCN(CC2CCOC2)/C1=N\[N+](=O)[O-]. The molecule has 0 aromatic heterocycles. The fraction of sp³-hybridized carbons (Fsp3) is 0.909. The average molecular weight is 256 g/mol. The van der Waals surface area contributed by atoms with Gasteiger partial charge in [-0.3, -0.25) is 0 Å². The molecule has 102 valence electrons. The predicted molar refractivity (Wildman–Crippen MR) is 66.8 cm³/mol. The molecule has 2 fully saturated rings. The van der Waals surface area contributed by atoms with E-state index < -0.39 is 5.03 Å². The molecule has 0 amide bonds. The minimum Gasteiger partial charge on any atom is -0.381 e. The van der Waals surface area contributed by atoms with Gasteiger partial charge < -0.3 is 14.5 Å². The minimum absolute atomic E-state index is 0.466. The van der Waals surface area contributed by atoms with E-state index in [4.69, 9.17) is 4.74 Å². The second-order valence-corrected chi connectivity index (χ2v) is 4.94. The lowest BCUT2D eigenvalue weighted by Gasteiger charge is -2.28. The van der Waals surface area contributed by atoms with Crippen LogP contribution in [0.4, 0.5) is 0 Å². The standard InChI is InChI=1S/C11H20N4O3/c1-13-5-2-3-6-14(11(13)12-15(16)17)8-10-4-7-18-9-10/h10H,2-9H2,1H3/b12-11-. The van der Waals surface area contributed by atoms with Gasteiger partial charge >= 0.3 is 0 Å². The smallest absolute Gasteiger partial charge is 0.273 e. The summed E-state index contributed by atoms with van der Waals surface area (Å²) in [6, 6.07) is 0. The van der Waals surface area contributed by atoms with E-state index in [0.717, 1.165) is 52.1 Å².